The summed E-state index contributed by atoms with van der Waals surface area (Å²) in [6.07, 6.45) is -1.37. The quantitative estimate of drug-likeness (QED) is 0.570. The molecule has 1 saturated heterocycles. The molecule has 3 aromatic carbocycles. The van der Waals surface area contributed by atoms with E-state index in [2.05, 4.69) is 6.07 Å². The molecule has 25 heavy (non-hydrogen) atoms. The number of halogens is 1. The third-order valence-corrected chi connectivity index (χ3v) is 5.83. The zero-order chi connectivity index (χ0) is 16.7. The molecule has 3 nitrogen and oxygen atoms in total. The van der Waals surface area contributed by atoms with E-state index in [1.807, 2.05) is 36.4 Å². The molecule has 1 aliphatic heterocycles. The Hall–Kier alpha value is -2.88. The van der Waals surface area contributed by atoms with Crippen molar-refractivity contribution in [1.29, 1.82) is 0 Å². The number of hydrogen-bond donors (Lipinski definition) is 0. The summed E-state index contributed by atoms with van der Waals surface area (Å²) >= 11 is 0. The van der Waals surface area contributed by atoms with Crippen molar-refractivity contribution in [2.24, 2.45) is 0 Å². The number of hydrogen-bond acceptors (Lipinski definition) is 3. The van der Waals surface area contributed by atoms with Gasteiger partial charge in [0, 0.05) is 5.39 Å². The minimum Gasteiger partial charge on any atom is -0.426 e. The Bertz CT molecular complexity index is 1070. The van der Waals surface area contributed by atoms with E-state index < -0.39 is 6.16 Å². The number of carbonyl (C=O) groups excluding carboxylic acids is 1. The van der Waals surface area contributed by atoms with Gasteiger partial charge in [0.2, 0.25) is 0 Å². The maximum atomic E-state index is 14.8. The van der Waals surface area contributed by atoms with Crippen LogP contribution in [0.1, 0.15) is 34.1 Å². The maximum absolute atomic E-state index is 14.8. The Balaban J connectivity index is 1.75. The van der Waals surface area contributed by atoms with Crippen LogP contribution < -0.4 is 0 Å². The first-order valence-electron chi connectivity index (χ1n) is 8.41. The molecule has 3 aromatic rings. The Morgan fingerprint density at radius 1 is 0.760 bits per heavy atom. The van der Waals surface area contributed by atoms with Crippen molar-refractivity contribution in [2.75, 3.05) is 0 Å². The van der Waals surface area contributed by atoms with Crippen LogP contribution in [0.4, 0.5) is 9.18 Å². The van der Waals surface area contributed by atoms with Crippen molar-refractivity contribution in [2.45, 2.75) is 24.0 Å². The lowest BCUT2D eigenvalue weighted by Crippen LogP contribution is -2.45. The van der Waals surface area contributed by atoms with Gasteiger partial charge in [-0.05, 0) is 33.7 Å². The fourth-order valence-corrected chi connectivity index (χ4v) is 4.97. The lowest BCUT2D eigenvalue weighted by molar-refractivity contribution is 0.103. The molecule has 0 N–H and O–H groups in total. The Labute approximate surface area is 143 Å². The molecular weight excluding hydrogens is 319 g/mol. The highest BCUT2D eigenvalue weighted by atomic mass is 19.1. The summed E-state index contributed by atoms with van der Waals surface area (Å²) in [6.45, 7) is 0. The van der Waals surface area contributed by atoms with Gasteiger partial charge < -0.3 is 9.47 Å². The van der Waals surface area contributed by atoms with E-state index in [1.165, 1.54) is 0 Å². The standard InChI is InChI=1S/C21H13FO3/c22-15-9-14-16(11-6-2-1-5-10(11)15)18-13-8-4-3-7-12(13)17(14)19-20(18)25-21(23)24-19/h1-9,17-20H/t17-,18+,19-,20-/m1/s1. The van der Waals surface area contributed by atoms with E-state index in [0.29, 0.717) is 5.39 Å². The van der Waals surface area contributed by atoms with Gasteiger partial charge in [0.05, 0.1) is 11.8 Å². The van der Waals surface area contributed by atoms with Crippen molar-refractivity contribution in [1.82, 2.24) is 0 Å². The van der Waals surface area contributed by atoms with E-state index in [1.54, 1.807) is 12.1 Å². The molecule has 0 aromatic heterocycles. The number of benzene rings is 3. The van der Waals surface area contributed by atoms with Gasteiger partial charge in [-0.15, -0.1) is 0 Å². The fraction of sp³-hybridized carbons (Fsp3) is 0.190. The van der Waals surface area contributed by atoms with E-state index in [-0.39, 0.29) is 29.9 Å². The average molecular weight is 332 g/mol. The second kappa shape index (κ2) is 4.39. The molecular formula is C21H13FO3. The van der Waals surface area contributed by atoms with E-state index in [0.717, 1.165) is 27.6 Å². The normalized spacial score (nSPS) is 28.1. The third-order valence-electron chi connectivity index (χ3n) is 5.83. The van der Waals surface area contributed by atoms with Gasteiger partial charge in [0.25, 0.3) is 0 Å². The zero-order valence-electron chi connectivity index (χ0n) is 13.1. The average Bonchev–Trinajstić information content (AvgIpc) is 3.03. The number of carbonyl (C=O) groups is 1. The smallest absolute Gasteiger partial charge is 0.426 e. The zero-order valence-corrected chi connectivity index (χ0v) is 13.1. The lowest BCUT2D eigenvalue weighted by atomic mass is 9.60. The Morgan fingerprint density at radius 2 is 1.36 bits per heavy atom. The highest BCUT2D eigenvalue weighted by Crippen LogP contribution is 2.58. The van der Waals surface area contributed by atoms with E-state index in [9.17, 15) is 9.18 Å². The van der Waals surface area contributed by atoms with Gasteiger partial charge in [0.15, 0.2) is 12.2 Å². The van der Waals surface area contributed by atoms with Gasteiger partial charge in [-0.25, -0.2) is 9.18 Å². The van der Waals surface area contributed by atoms with Gasteiger partial charge in [-0.2, -0.15) is 0 Å². The molecule has 3 aliphatic carbocycles. The minimum absolute atomic E-state index is 0.127. The molecule has 0 spiro atoms. The highest BCUT2D eigenvalue weighted by molar-refractivity contribution is 5.90. The predicted molar refractivity (Wildman–Crippen MR) is 89.2 cm³/mol. The summed E-state index contributed by atoms with van der Waals surface area (Å²) in [4.78, 5) is 11.8. The van der Waals surface area contributed by atoms with Crippen LogP contribution in [-0.2, 0) is 9.47 Å². The molecule has 7 rings (SSSR count). The van der Waals surface area contributed by atoms with Crippen LogP contribution >= 0.6 is 0 Å². The van der Waals surface area contributed by atoms with Crippen LogP contribution in [-0.4, -0.2) is 18.4 Å². The second-order valence-corrected chi connectivity index (χ2v) is 6.91. The second-order valence-electron chi connectivity index (χ2n) is 6.91. The van der Waals surface area contributed by atoms with Crippen molar-refractivity contribution < 1.29 is 18.7 Å². The number of rotatable bonds is 0. The molecule has 0 unspecified atom stereocenters. The van der Waals surface area contributed by atoms with Crippen LogP contribution in [0.15, 0.2) is 54.6 Å². The predicted octanol–water partition coefficient (Wildman–Crippen LogP) is 4.47. The van der Waals surface area contributed by atoms with Crippen LogP contribution in [0.2, 0.25) is 0 Å². The molecule has 1 fully saturated rings. The van der Waals surface area contributed by atoms with Gasteiger partial charge in [-0.3, -0.25) is 0 Å². The Morgan fingerprint density at radius 3 is 2.12 bits per heavy atom. The van der Waals surface area contributed by atoms with Gasteiger partial charge >= 0.3 is 6.16 Å². The molecule has 0 amide bonds. The summed E-state index contributed by atoms with van der Waals surface area (Å²) in [6, 6.07) is 17.2. The molecule has 1 heterocycles. The molecule has 0 saturated carbocycles. The van der Waals surface area contributed by atoms with Crippen molar-refractivity contribution in [3.05, 3.63) is 82.7 Å². The summed E-state index contributed by atoms with van der Waals surface area (Å²) in [5, 5.41) is 1.50. The molecule has 2 bridgehead atoms. The molecule has 0 radical (unpaired) electrons. The molecule has 4 aliphatic rings. The van der Waals surface area contributed by atoms with Crippen molar-refractivity contribution in [3.8, 4) is 0 Å². The Kier molecular flexibility index (Phi) is 2.36. The highest BCUT2D eigenvalue weighted by Gasteiger charge is 2.57. The fourth-order valence-electron chi connectivity index (χ4n) is 4.97. The monoisotopic (exact) mass is 332 g/mol. The van der Waals surface area contributed by atoms with E-state index in [4.69, 9.17) is 9.47 Å². The largest absolute Gasteiger partial charge is 0.509 e. The SMILES string of the molecule is O=C1O[C@@H]2[C@@H]3c4ccccc4[C@@H](c4c3cc(F)c3ccccc43)[C@H]2O1. The lowest BCUT2D eigenvalue weighted by Gasteiger charge is -2.45. The van der Waals surface area contributed by atoms with Gasteiger partial charge in [-0.1, -0.05) is 48.5 Å². The van der Waals surface area contributed by atoms with Gasteiger partial charge in [0.1, 0.15) is 5.82 Å². The summed E-state index contributed by atoms with van der Waals surface area (Å²) in [5.74, 6) is -0.550. The first-order valence-corrected chi connectivity index (χ1v) is 8.41. The molecule has 122 valence electrons. The van der Waals surface area contributed by atoms with Crippen LogP contribution in [0.3, 0.4) is 0 Å². The van der Waals surface area contributed by atoms with Crippen LogP contribution in [0.25, 0.3) is 10.8 Å². The topological polar surface area (TPSA) is 35.5 Å². The van der Waals surface area contributed by atoms with Crippen molar-refractivity contribution >= 4 is 16.9 Å². The summed E-state index contributed by atoms with van der Waals surface area (Å²) in [7, 11) is 0. The third kappa shape index (κ3) is 1.53. The summed E-state index contributed by atoms with van der Waals surface area (Å²) in [5.41, 5.74) is 4.24. The van der Waals surface area contributed by atoms with Crippen LogP contribution in [0, 0.1) is 5.82 Å². The van der Waals surface area contributed by atoms with Crippen LogP contribution in [0.5, 0.6) is 0 Å². The molecule has 4 heteroatoms. The first kappa shape index (κ1) is 13.4. The number of ether oxygens (including phenoxy) is 2. The maximum Gasteiger partial charge on any atom is 0.509 e. The number of fused-ring (bicyclic) bond motifs is 1. The van der Waals surface area contributed by atoms with E-state index >= 15 is 0 Å². The first-order chi connectivity index (χ1) is 12.2. The van der Waals surface area contributed by atoms with Crippen molar-refractivity contribution in [3.63, 3.8) is 0 Å². The molecule has 4 atom stereocenters. The summed E-state index contributed by atoms with van der Waals surface area (Å²) < 4.78 is 25.8. The minimum atomic E-state index is -0.629.